The average molecular weight is 360 g/mol. The summed E-state index contributed by atoms with van der Waals surface area (Å²) in [6, 6.07) is 9.42. The molecular formula is C18H24N4O2S. The van der Waals surface area contributed by atoms with E-state index in [0.29, 0.717) is 13.1 Å². The number of piperidine rings is 1. The molecule has 0 amide bonds. The van der Waals surface area contributed by atoms with E-state index >= 15 is 0 Å². The van der Waals surface area contributed by atoms with Crippen molar-refractivity contribution >= 4 is 10.0 Å². The monoisotopic (exact) mass is 360 g/mol. The summed E-state index contributed by atoms with van der Waals surface area (Å²) in [5.41, 5.74) is 1.06. The SMILES string of the molecule is CN(CCc1ccccn1)C1CCCN(S(=O)(=O)c2cccnc2)C1. The molecule has 1 saturated heterocycles. The van der Waals surface area contributed by atoms with E-state index in [1.54, 1.807) is 28.8 Å². The summed E-state index contributed by atoms with van der Waals surface area (Å²) in [5.74, 6) is 0. The molecule has 0 N–H and O–H groups in total. The minimum absolute atomic E-state index is 0.226. The minimum Gasteiger partial charge on any atom is -0.302 e. The number of hydrogen-bond acceptors (Lipinski definition) is 5. The van der Waals surface area contributed by atoms with Crippen molar-refractivity contribution in [2.45, 2.75) is 30.2 Å². The van der Waals surface area contributed by atoms with Crippen LogP contribution in [-0.4, -0.2) is 60.3 Å². The molecule has 6 nitrogen and oxygen atoms in total. The highest BCUT2D eigenvalue weighted by molar-refractivity contribution is 7.89. The molecule has 2 aromatic heterocycles. The Morgan fingerprint density at radius 3 is 2.84 bits per heavy atom. The van der Waals surface area contributed by atoms with Crippen LogP contribution in [0.1, 0.15) is 18.5 Å². The van der Waals surface area contributed by atoms with Crippen LogP contribution in [0.4, 0.5) is 0 Å². The summed E-state index contributed by atoms with van der Waals surface area (Å²) in [5, 5.41) is 0. The Kier molecular flexibility index (Phi) is 5.78. The van der Waals surface area contributed by atoms with E-state index in [9.17, 15) is 8.42 Å². The fraction of sp³-hybridized carbons (Fsp3) is 0.444. The third-order valence-electron chi connectivity index (χ3n) is 4.70. The van der Waals surface area contributed by atoms with Gasteiger partial charge in [0.1, 0.15) is 4.90 Å². The Hall–Kier alpha value is -1.83. The van der Waals surface area contributed by atoms with Gasteiger partial charge < -0.3 is 4.90 Å². The van der Waals surface area contributed by atoms with Crippen LogP contribution in [0.2, 0.25) is 0 Å². The predicted molar refractivity (Wildman–Crippen MR) is 96.6 cm³/mol. The molecule has 0 saturated carbocycles. The van der Waals surface area contributed by atoms with Crippen LogP contribution < -0.4 is 0 Å². The molecule has 0 aliphatic carbocycles. The van der Waals surface area contributed by atoms with Crippen LogP contribution in [-0.2, 0) is 16.4 Å². The van der Waals surface area contributed by atoms with Gasteiger partial charge in [0.05, 0.1) is 0 Å². The van der Waals surface area contributed by atoms with Gasteiger partial charge in [-0.1, -0.05) is 6.07 Å². The summed E-state index contributed by atoms with van der Waals surface area (Å²) >= 11 is 0. The topological polar surface area (TPSA) is 66.4 Å². The third kappa shape index (κ3) is 4.42. The molecule has 0 spiro atoms. The molecule has 1 aliphatic rings. The molecule has 3 heterocycles. The summed E-state index contributed by atoms with van der Waals surface area (Å²) in [4.78, 5) is 10.8. The van der Waals surface area contributed by atoms with Crippen molar-refractivity contribution < 1.29 is 8.42 Å². The number of hydrogen-bond donors (Lipinski definition) is 0. The van der Waals surface area contributed by atoms with Gasteiger partial charge in [0.25, 0.3) is 0 Å². The first-order valence-corrected chi connectivity index (χ1v) is 10.0. The number of likely N-dealkylation sites (N-methyl/N-ethyl adjacent to an activating group) is 1. The van der Waals surface area contributed by atoms with Gasteiger partial charge in [0, 0.05) is 56.4 Å². The van der Waals surface area contributed by atoms with Crippen LogP contribution in [0.3, 0.4) is 0 Å². The summed E-state index contributed by atoms with van der Waals surface area (Å²) in [6.07, 6.45) is 7.56. The Morgan fingerprint density at radius 2 is 2.12 bits per heavy atom. The molecule has 0 bridgehead atoms. The summed E-state index contributed by atoms with van der Waals surface area (Å²) in [7, 11) is -1.40. The van der Waals surface area contributed by atoms with Crippen LogP contribution in [0.25, 0.3) is 0 Å². The highest BCUT2D eigenvalue weighted by Gasteiger charge is 2.31. The van der Waals surface area contributed by atoms with Gasteiger partial charge in [0.15, 0.2) is 0 Å². The number of rotatable bonds is 6. The van der Waals surface area contributed by atoms with Crippen LogP contribution >= 0.6 is 0 Å². The third-order valence-corrected chi connectivity index (χ3v) is 6.55. The molecule has 134 valence electrons. The lowest BCUT2D eigenvalue weighted by Crippen LogP contribution is -2.48. The molecule has 1 unspecified atom stereocenters. The van der Waals surface area contributed by atoms with Gasteiger partial charge in [-0.25, -0.2) is 8.42 Å². The normalized spacial score (nSPS) is 19.2. The molecule has 0 radical (unpaired) electrons. The van der Waals surface area contributed by atoms with Gasteiger partial charge >= 0.3 is 0 Å². The molecule has 25 heavy (non-hydrogen) atoms. The zero-order valence-corrected chi connectivity index (χ0v) is 15.3. The standard InChI is InChI=1S/C18H24N4O2S/c1-21(13-9-16-6-2-3-11-20-16)17-7-5-12-22(15-17)25(23,24)18-8-4-10-19-14-18/h2-4,6,8,10-11,14,17H,5,7,9,12-13,15H2,1H3. The van der Waals surface area contributed by atoms with Crippen molar-refractivity contribution in [1.29, 1.82) is 0 Å². The Balaban J connectivity index is 1.62. The maximum absolute atomic E-state index is 12.8. The summed E-state index contributed by atoms with van der Waals surface area (Å²) in [6.45, 7) is 1.96. The van der Waals surface area contributed by atoms with Crippen molar-refractivity contribution in [1.82, 2.24) is 19.2 Å². The first kappa shape index (κ1) is 18.0. The first-order chi connectivity index (χ1) is 12.1. The second kappa shape index (κ2) is 8.03. The molecule has 0 aromatic carbocycles. The van der Waals surface area contributed by atoms with Crippen LogP contribution in [0, 0.1) is 0 Å². The molecule has 3 rings (SSSR count). The lowest BCUT2D eigenvalue weighted by atomic mass is 10.1. The van der Waals surface area contributed by atoms with E-state index in [0.717, 1.165) is 31.5 Å². The van der Waals surface area contributed by atoms with Crippen molar-refractivity contribution in [2.24, 2.45) is 0 Å². The van der Waals surface area contributed by atoms with Crippen molar-refractivity contribution in [3.8, 4) is 0 Å². The van der Waals surface area contributed by atoms with E-state index < -0.39 is 10.0 Å². The second-order valence-electron chi connectivity index (χ2n) is 6.40. The van der Waals surface area contributed by atoms with Gasteiger partial charge in [-0.15, -0.1) is 0 Å². The Morgan fingerprint density at radius 1 is 1.24 bits per heavy atom. The smallest absolute Gasteiger partial charge is 0.244 e. The molecule has 2 aromatic rings. The van der Waals surface area contributed by atoms with Gasteiger partial charge in [-0.3, -0.25) is 9.97 Å². The molecule has 1 aliphatic heterocycles. The second-order valence-corrected chi connectivity index (χ2v) is 8.34. The van der Waals surface area contributed by atoms with Crippen LogP contribution in [0.15, 0.2) is 53.8 Å². The van der Waals surface area contributed by atoms with Crippen molar-refractivity contribution in [3.05, 3.63) is 54.6 Å². The first-order valence-electron chi connectivity index (χ1n) is 8.58. The number of pyridine rings is 2. The van der Waals surface area contributed by atoms with E-state index in [-0.39, 0.29) is 10.9 Å². The quantitative estimate of drug-likeness (QED) is 0.786. The zero-order chi connectivity index (χ0) is 17.7. The van der Waals surface area contributed by atoms with E-state index in [4.69, 9.17) is 0 Å². The molecular weight excluding hydrogens is 336 g/mol. The van der Waals surface area contributed by atoms with Gasteiger partial charge in [0.2, 0.25) is 10.0 Å². The molecule has 7 heteroatoms. The lowest BCUT2D eigenvalue weighted by molar-refractivity contribution is 0.164. The predicted octanol–water partition coefficient (Wildman–Crippen LogP) is 1.80. The fourth-order valence-electron chi connectivity index (χ4n) is 3.17. The molecule has 1 atom stereocenters. The highest BCUT2D eigenvalue weighted by Crippen LogP contribution is 2.22. The van der Waals surface area contributed by atoms with E-state index in [1.165, 1.54) is 6.20 Å². The number of aromatic nitrogens is 2. The number of nitrogens with zero attached hydrogens (tertiary/aromatic N) is 4. The maximum Gasteiger partial charge on any atom is 0.244 e. The number of sulfonamides is 1. The largest absolute Gasteiger partial charge is 0.302 e. The van der Waals surface area contributed by atoms with Gasteiger partial charge in [-0.2, -0.15) is 4.31 Å². The minimum atomic E-state index is -3.46. The lowest BCUT2D eigenvalue weighted by Gasteiger charge is -2.37. The molecule has 1 fully saturated rings. The highest BCUT2D eigenvalue weighted by atomic mass is 32.2. The Labute approximate surface area is 149 Å². The van der Waals surface area contributed by atoms with Crippen LogP contribution in [0.5, 0.6) is 0 Å². The zero-order valence-electron chi connectivity index (χ0n) is 14.5. The van der Waals surface area contributed by atoms with Crippen molar-refractivity contribution in [2.75, 3.05) is 26.7 Å². The average Bonchev–Trinajstić information content (AvgIpc) is 2.67. The Bertz CT molecular complexity index is 768. The van der Waals surface area contributed by atoms with E-state index in [2.05, 4.69) is 21.9 Å². The summed E-state index contributed by atoms with van der Waals surface area (Å²) < 4.78 is 27.2. The van der Waals surface area contributed by atoms with Crippen molar-refractivity contribution in [3.63, 3.8) is 0 Å². The van der Waals surface area contributed by atoms with Gasteiger partial charge in [-0.05, 0) is 44.2 Å². The fourth-order valence-corrected chi connectivity index (χ4v) is 4.65. The van der Waals surface area contributed by atoms with E-state index in [1.807, 2.05) is 18.2 Å². The maximum atomic E-state index is 12.8.